The molecule has 2 aliphatic rings. The molecule has 3 aromatic rings. The number of hydrogen-bond donors (Lipinski definition) is 1. The zero-order valence-electron chi connectivity index (χ0n) is 24.2. The average Bonchev–Trinajstić information content (AvgIpc) is 2.94. The van der Waals surface area contributed by atoms with Gasteiger partial charge in [0.25, 0.3) is 0 Å². The smallest absolute Gasteiger partial charge is 0.410 e. The first kappa shape index (κ1) is 28.4. The number of nitrogens with zero attached hydrogens (tertiary/aromatic N) is 4. The molecular formula is C32H38FN5O3. The summed E-state index contributed by atoms with van der Waals surface area (Å²) in [6, 6.07) is 16.5. The van der Waals surface area contributed by atoms with E-state index < -0.39 is 11.4 Å². The van der Waals surface area contributed by atoms with Crippen LogP contribution in [-0.4, -0.2) is 47.2 Å². The predicted octanol–water partition coefficient (Wildman–Crippen LogP) is 6.73. The van der Waals surface area contributed by atoms with Crippen LogP contribution in [-0.2, 0) is 17.8 Å². The molecule has 0 unspecified atom stereocenters. The summed E-state index contributed by atoms with van der Waals surface area (Å²) in [6.07, 6.45) is 2.94. The molecule has 8 nitrogen and oxygen atoms in total. The highest BCUT2D eigenvalue weighted by molar-refractivity contribution is 6.06. The fraction of sp³-hybridized carbons (Fsp3) is 0.406. The number of carbonyl (C=O) groups is 2. The predicted molar refractivity (Wildman–Crippen MR) is 159 cm³/mol. The number of amides is 3. The van der Waals surface area contributed by atoms with E-state index in [1.54, 1.807) is 22.1 Å². The van der Waals surface area contributed by atoms with Gasteiger partial charge in [0.05, 0.1) is 17.9 Å². The lowest BCUT2D eigenvalue weighted by Crippen LogP contribution is -2.51. The summed E-state index contributed by atoms with van der Waals surface area (Å²) in [5, 5.41) is 3.37. The summed E-state index contributed by atoms with van der Waals surface area (Å²) in [5.41, 5.74) is 3.19. The number of benzene rings is 2. The molecule has 3 heterocycles. The molecule has 1 fully saturated rings. The number of aromatic nitrogens is 1. The summed E-state index contributed by atoms with van der Waals surface area (Å²) in [6.45, 7) is 9.80. The van der Waals surface area contributed by atoms with Crippen LogP contribution in [0.4, 0.5) is 31.2 Å². The highest BCUT2D eigenvalue weighted by Crippen LogP contribution is 2.37. The van der Waals surface area contributed by atoms with Gasteiger partial charge in [-0.15, -0.1) is 0 Å². The number of pyridine rings is 1. The van der Waals surface area contributed by atoms with Crippen molar-refractivity contribution in [2.24, 2.45) is 5.92 Å². The Hall–Kier alpha value is -4.14. The van der Waals surface area contributed by atoms with Gasteiger partial charge in [-0.05, 0) is 63.6 Å². The van der Waals surface area contributed by atoms with Crippen molar-refractivity contribution in [3.05, 3.63) is 83.3 Å². The molecular weight excluding hydrogens is 521 g/mol. The molecule has 2 aliphatic heterocycles. The number of hydrogen-bond acceptors (Lipinski definition) is 5. The van der Waals surface area contributed by atoms with Gasteiger partial charge >= 0.3 is 12.1 Å². The van der Waals surface area contributed by atoms with Crippen LogP contribution in [0.25, 0.3) is 0 Å². The van der Waals surface area contributed by atoms with Crippen molar-refractivity contribution in [1.82, 2.24) is 9.88 Å². The maximum absolute atomic E-state index is 15.0. The molecule has 2 aromatic carbocycles. The van der Waals surface area contributed by atoms with Crippen LogP contribution in [0.2, 0.25) is 0 Å². The van der Waals surface area contributed by atoms with E-state index in [-0.39, 0.29) is 24.6 Å². The van der Waals surface area contributed by atoms with E-state index in [1.165, 1.54) is 11.0 Å². The third-order valence-electron chi connectivity index (χ3n) is 7.52. The Morgan fingerprint density at radius 1 is 1.10 bits per heavy atom. The monoisotopic (exact) mass is 559 g/mol. The van der Waals surface area contributed by atoms with Crippen LogP contribution in [0, 0.1) is 18.7 Å². The lowest BCUT2D eigenvalue weighted by Gasteiger charge is -2.41. The first-order valence-corrected chi connectivity index (χ1v) is 14.2. The molecule has 5 rings (SSSR count). The first-order valence-electron chi connectivity index (χ1n) is 14.2. The number of likely N-dealkylation sites (tertiary alicyclic amines) is 1. The third-order valence-corrected chi connectivity index (χ3v) is 7.52. The van der Waals surface area contributed by atoms with E-state index in [0.29, 0.717) is 43.2 Å². The van der Waals surface area contributed by atoms with Gasteiger partial charge in [0.15, 0.2) is 0 Å². The van der Waals surface area contributed by atoms with E-state index >= 15 is 4.39 Å². The van der Waals surface area contributed by atoms with Crippen molar-refractivity contribution in [2.45, 2.75) is 59.2 Å². The second kappa shape index (κ2) is 11.8. The van der Waals surface area contributed by atoms with Gasteiger partial charge in [0.2, 0.25) is 0 Å². The van der Waals surface area contributed by atoms with Crippen molar-refractivity contribution in [2.75, 3.05) is 34.8 Å². The number of rotatable bonds is 6. The zero-order valence-corrected chi connectivity index (χ0v) is 24.2. The van der Waals surface area contributed by atoms with Crippen LogP contribution in [0.3, 0.4) is 0 Å². The number of halogens is 1. The zero-order chi connectivity index (χ0) is 29.1. The summed E-state index contributed by atoms with van der Waals surface area (Å²) < 4.78 is 20.6. The van der Waals surface area contributed by atoms with Crippen LogP contribution < -0.4 is 15.1 Å². The van der Waals surface area contributed by atoms with Crippen molar-refractivity contribution < 1.29 is 18.7 Å². The highest BCUT2D eigenvalue weighted by Gasteiger charge is 2.36. The topological polar surface area (TPSA) is 78.0 Å². The van der Waals surface area contributed by atoms with Gasteiger partial charge in [0, 0.05) is 44.0 Å². The fourth-order valence-electron chi connectivity index (χ4n) is 5.42. The number of para-hydroxylation sites is 1. The molecule has 0 saturated carbocycles. The molecule has 3 amide bonds. The minimum atomic E-state index is -0.549. The minimum Gasteiger partial charge on any atom is -0.444 e. The molecule has 1 saturated heterocycles. The highest BCUT2D eigenvalue weighted by atomic mass is 19.1. The van der Waals surface area contributed by atoms with E-state index in [1.807, 2.05) is 70.2 Å². The Balaban J connectivity index is 1.38. The Morgan fingerprint density at radius 2 is 1.83 bits per heavy atom. The van der Waals surface area contributed by atoms with E-state index in [2.05, 4.69) is 10.3 Å². The SMILES string of the molecule is Cc1cccc(F)c1N1Cc2cnc(NCc3ccccc3)cc2N(CC2CCN(C(=O)OC(C)(C)C)CC2)C1=O. The lowest BCUT2D eigenvalue weighted by molar-refractivity contribution is 0.0186. The Morgan fingerprint density at radius 3 is 2.51 bits per heavy atom. The Labute approximate surface area is 241 Å². The maximum Gasteiger partial charge on any atom is 0.410 e. The van der Waals surface area contributed by atoms with Gasteiger partial charge in [-0.1, -0.05) is 42.5 Å². The molecule has 0 atom stereocenters. The van der Waals surface area contributed by atoms with E-state index in [4.69, 9.17) is 4.74 Å². The summed E-state index contributed by atoms with van der Waals surface area (Å²) in [7, 11) is 0. The van der Waals surface area contributed by atoms with Gasteiger partial charge in [-0.25, -0.2) is 19.0 Å². The van der Waals surface area contributed by atoms with Crippen molar-refractivity contribution >= 4 is 29.3 Å². The van der Waals surface area contributed by atoms with Crippen LogP contribution in [0.5, 0.6) is 0 Å². The summed E-state index contributed by atoms with van der Waals surface area (Å²) >= 11 is 0. The van der Waals surface area contributed by atoms with Gasteiger partial charge < -0.3 is 15.0 Å². The van der Waals surface area contributed by atoms with E-state index in [0.717, 1.165) is 29.7 Å². The van der Waals surface area contributed by atoms with Crippen molar-refractivity contribution in [3.8, 4) is 0 Å². The lowest BCUT2D eigenvalue weighted by atomic mass is 9.95. The molecule has 9 heteroatoms. The summed E-state index contributed by atoms with van der Waals surface area (Å²) in [4.78, 5) is 36.2. The fourth-order valence-corrected chi connectivity index (χ4v) is 5.42. The van der Waals surface area contributed by atoms with Crippen molar-refractivity contribution in [3.63, 3.8) is 0 Å². The van der Waals surface area contributed by atoms with Crippen LogP contribution in [0.1, 0.15) is 50.3 Å². The third kappa shape index (κ3) is 6.61. The number of piperidine rings is 1. The molecule has 0 bridgehead atoms. The maximum atomic E-state index is 15.0. The quantitative estimate of drug-likeness (QED) is 0.362. The number of aryl methyl sites for hydroxylation is 1. The van der Waals surface area contributed by atoms with Crippen molar-refractivity contribution in [1.29, 1.82) is 0 Å². The molecule has 41 heavy (non-hydrogen) atoms. The second-order valence-electron chi connectivity index (χ2n) is 11.8. The second-order valence-corrected chi connectivity index (χ2v) is 11.8. The summed E-state index contributed by atoms with van der Waals surface area (Å²) in [5.74, 6) is 0.406. The normalized spacial score (nSPS) is 16.0. The average molecular weight is 560 g/mol. The number of ether oxygens (including phenoxy) is 1. The number of urea groups is 1. The molecule has 0 spiro atoms. The van der Waals surface area contributed by atoms with Gasteiger partial charge in [-0.3, -0.25) is 9.80 Å². The number of fused-ring (bicyclic) bond motifs is 1. The molecule has 0 radical (unpaired) electrons. The largest absolute Gasteiger partial charge is 0.444 e. The number of anilines is 3. The Kier molecular flexibility index (Phi) is 8.15. The molecule has 216 valence electrons. The number of carbonyl (C=O) groups excluding carboxylic acids is 2. The molecule has 1 aromatic heterocycles. The van der Waals surface area contributed by atoms with E-state index in [9.17, 15) is 9.59 Å². The first-order chi connectivity index (χ1) is 19.6. The van der Waals surface area contributed by atoms with Crippen LogP contribution >= 0.6 is 0 Å². The van der Waals surface area contributed by atoms with Gasteiger partial charge in [0.1, 0.15) is 17.2 Å². The van der Waals surface area contributed by atoms with Gasteiger partial charge in [-0.2, -0.15) is 0 Å². The minimum absolute atomic E-state index is 0.168. The molecule has 0 aliphatic carbocycles. The molecule has 1 N–H and O–H groups in total. The van der Waals surface area contributed by atoms with Crippen LogP contribution in [0.15, 0.2) is 60.8 Å². The number of nitrogens with one attached hydrogen (secondary N) is 1. The standard InChI is InChI=1S/C32H38FN5O3/c1-22-9-8-12-26(33)29(22)38-21-25-19-35-28(34-18-23-10-6-5-7-11-23)17-27(25)37(30(38)39)20-24-13-15-36(16-14-24)31(40)41-32(2,3)4/h5-12,17,19,24H,13-16,18,20-21H2,1-4H3,(H,34,35). The Bertz CT molecular complexity index is 1380.